The van der Waals surface area contributed by atoms with Crippen LogP contribution in [0.2, 0.25) is 0 Å². The molecule has 8 nitrogen and oxygen atoms in total. The highest BCUT2D eigenvalue weighted by Gasteiger charge is 2.34. The first-order valence-corrected chi connectivity index (χ1v) is 8.64. The topological polar surface area (TPSA) is 114 Å². The van der Waals surface area contributed by atoms with E-state index in [0.717, 1.165) is 5.56 Å². The van der Waals surface area contributed by atoms with Gasteiger partial charge in [-0.1, -0.05) is 30.3 Å². The molecule has 1 fully saturated rings. The van der Waals surface area contributed by atoms with E-state index in [1.54, 1.807) is 4.90 Å². The molecule has 154 valence electrons. The van der Waals surface area contributed by atoms with Crippen molar-refractivity contribution in [3.8, 4) is 0 Å². The Labute approximate surface area is 178 Å². The highest BCUT2D eigenvalue weighted by molar-refractivity contribution is 5.97. The van der Waals surface area contributed by atoms with Gasteiger partial charge >= 0.3 is 5.69 Å². The van der Waals surface area contributed by atoms with Crippen molar-refractivity contribution in [2.24, 2.45) is 12.8 Å². The Morgan fingerprint density at radius 3 is 2.55 bits per heavy atom. The minimum absolute atomic E-state index is 0. The van der Waals surface area contributed by atoms with Crippen LogP contribution in [0.15, 0.2) is 52.2 Å². The van der Waals surface area contributed by atoms with Crippen LogP contribution in [0.5, 0.6) is 0 Å². The van der Waals surface area contributed by atoms with Gasteiger partial charge in [0.15, 0.2) is 0 Å². The van der Waals surface area contributed by atoms with E-state index >= 15 is 0 Å². The van der Waals surface area contributed by atoms with E-state index in [1.165, 1.54) is 23.9 Å². The summed E-state index contributed by atoms with van der Waals surface area (Å²) in [6.07, 6.45) is 1.39. The van der Waals surface area contributed by atoms with E-state index in [4.69, 9.17) is 5.73 Å². The highest BCUT2D eigenvalue weighted by atomic mass is 35.5. The lowest BCUT2D eigenvalue weighted by molar-refractivity contribution is 0.0789. The second-order valence-electron chi connectivity index (χ2n) is 6.80. The Kier molecular flexibility index (Phi) is 6.84. The minimum atomic E-state index is -0.560. The normalized spacial score (nSPS) is 18.2. The van der Waals surface area contributed by atoms with Crippen LogP contribution in [0.4, 0.5) is 0 Å². The number of carbonyl (C=O) groups is 1. The van der Waals surface area contributed by atoms with Crippen LogP contribution in [-0.2, 0) is 7.05 Å². The number of fused-ring (bicyclic) bond motifs is 1. The lowest BCUT2D eigenvalue weighted by Crippen LogP contribution is -2.33. The molecule has 3 N–H and O–H groups in total. The maximum absolute atomic E-state index is 12.9. The standard InChI is InChI=1S/C19H19N5O3.2ClH/c1-23-16-13(17(25)22-19(23)27)7-12(8-21-16)18(26)24-9-14(15(20)10-24)11-5-3-2-4-6-11;;/h2-8,14-15H,9-10,20H2,1H3,(H,22,25,27);2*1H/t14-,15+;;/m0../s1. The summed E-state index contributed by atoms with van der Waals surface area (Å²) in [5.74, 6) is -0.167. The third-order valence-corrected chi connectivity index (χ3v) is 5.08. The van der Waals surface area contributed by atoms with Gasteiger partial charge in [-0.05, 0) is 11.6 Å². The fourth-order valence-electron chi connectivity index (χ4n) is 3.58. The number of aromatic nitrogens is 3. The smallest absolute Gasteiger partial charge is 0.329 e. The van der Waals surface area contributed by atoms with Crippen LogP contribution in [0.1, 0.15) is 21.8 Å². The van der Waals surface area contributed by atoms with Crippen molar-refractivity contribution in [2.75, 3.05) is 13.1 Å². The number of aryl methyl sites for hydroxylation is 1. The van der Waals surface area contributed by atoms with Gasteiger partial charge in [0.05, 0.1) is 10.9 Å². The Bertz CT molecular complexity index is 1150. The zero-order valence-electron chi connectivity index (χ0n) is 15.6. The summed E-state index contributed by atoms with van der Waals surface area (Å²) in [5, 5.41) is 0.200. The number of halogens is 2. The monoisotopic (exact) mass is 437 g/mol. The molecule has 2 atom stereocenters. The summed E-state index contributed by atoms with van der Waals surface area (Å²) in [5.41, 5.74) is 6.80. The largest absolute Gasteiger partial charge is 0.336 e. The summed E-state index contributed by atoms with van der Waals surface area (Å²) in [6, 6.07) is 11.2. The van der Waals surface area contributed by atoms with Crippen molar-refractivity contribution in [3.05, 3.63) is 74.6 Å². The predicted molar refractivity (Wildman–Crippen MR) is 115 cm³/mol. The van der Waals surface area contributed by atoms with Crippen LogP contribution in [-0.4, -0.2) is 44.5 Å². The van der Waals surface area contributed by atoms with Gasteiger partial charge in [0.2, 0.25) is 0 Å². The van der Waals surface area contributed by atoms with Gasteiger partial charge < -0.3 is 10.6 Å². The molecule has 29 heavy (non-hydrogen) atoms. The van der Waals surface area contributed by atoms with E-state index < -0.39 is 11.2 Å². The number of likely N-dealkylation sites (tertiary alicyclic amines) is 1. The number of carbonyl (C=O) groups excluding carboxylic acids is 1. The highest BCUT2D eigenvalue weighted by Crippen LogP contribution is 2.27. The molecule has 10 heteroatoms. The number of H-pyrrole nitrogens is 1. The molecule has 0 unspecified atom stereocenters. The predicted octanol–water partition coefficient (Wildman–Crippen LogP) is 1.03. The molecule has 4 rings (SSSR count). The summed E-state index contributed by atoms with van der Waals surface area (Å²) < 4.78 is 1.24. The van der Waals surface area contributed by atoms with Gasteiger partial charge in [0.25, 0.3) is 11.5 Å². The number of nitrogens with zero attached hydrogens (tertiary/aromatic N) is 3. The maximum Gasteiger partial charge on any atom is 0.329 e. The first-order valence-electron chi connectivity index (χ1n) is 8.64. The van der Waals surface area contributed by atoms with Gasteiger partial charge in [-0.15, -0.1) is 24.8 Å². The molecule has 1 amide bonds. The number of amides is 1. The van der Waals surface area contributed by atoms with Crippen molar-refractivity contribution < 1.29 is 4.79 Å². The van der Waals surface area contributed by atoms with Crippen molar-refractivity contribution in [1.82, 2.24) is 19.4 Å². The molecule has 3 aromatic rings. The summed E-state index contributed by atoms with van der Waals surface area (Å²) in [4.78, 5) is 44.7. The molecule has 0 saturated carbocycles. The maximum atomic E-state index is 12.9. The van der Waals surface area contributed by atoms with Gasteiger partial charge in [-0.25, -0.2) is 9.78 Å². The Morgan fingerprint density at radius 2 is 1.86 bits per heavy atom. The first-order chi connectivity index (χ1) is 13.0. The molecule has 1 aliphatic rings. The Hall–Kier alpha value is -2.68. The van der Waals surface area contributed by atoms with E-state index in [0.29, 0.717) is 18.7 Å². The quantitative estimate of drug-likeness (QED) is 0.621. The minimum Gasteiger partial charge on any atom is -0.336 e. The molecule has 2 aromatic heterocycles. The van der Waals surface area contributed by atoms with Crippen molar-refractivity contribution in [3.63, 3.8) is 0 Å². The van der Waals surface area contributed by atoms with Gasteiger partial charge in [-0.3, -0.25) is 19.1 Å². The van der Waals surface area contributed by atoms with Crippen molar-refractivity contribution in [2.45, 2.75) is 12.0 Å². The van der Waals surface area contributed by atoms with E-state index in [9.17, 15) is 14.4 Å². The summed E-state index contributed by atoms with van der Waals surface area (Å²) >= 11 is 0. The number of aromatic amines is 1. The number of benzene rings is 1. The second-order valence-corrected chi connectivity index (χ2v) is 6.80. The first kappa shape index (κ1) is 22.6. The van der Waals surface area contributed by atoms with Crippen LogP contribution in [0, 0.1) is 0 Å². The fourth-order valence-corrected chi connectivity index (χ4v) is 3.58. The number of hydrogen-bond donors (Lipinski definition) is 2. The summed E-state index contributed by atoms with van der Waals surface area (Å²) in [6.45, 7) is 0.936. The van der Waals surface area contributed by atoms with Crippen LogP contribution in [0.25, 0.3) is 11.0 Å². The number of rotatable bonds is 2. The molecule has 1 aromatic carbocycles. The zero-order valence-corrected chi connectivity index (χ0v) is 17.2. The second kappa shape index (κ2) is 8.77. The molecule has 1 saturated heterocycles. The fraction of sp³-hybridized carbons (Fsp3) is 0.263. The molecule has 3 heterocycles. The molecular formula is C19H21Cl2N5O3. The summed E-state index contributed by atoms with van der Waals surface area (Å²) in [7, 11) is 1.51. The number of nitrogens with two attached hydrogens (primary N) is 1. The molecular weight excluding hydrogens is 417 g/mol. The molecule has 0 bridgehead atoms. The number of pyridine rings is 1. The van der Waals surface area contributed by atoms with Crippen molar-refractivity contribution in [1.29, 1.82) is 0 Å². The van der Waals surface area contributed by atoms with Crippen LogP contribution >= 0.6 is 24.8 Å². The Morgan fingerprint density at radius 1 is 1.17 bits per heavy atom. The van der Waals surface area contributed by atoms with Crippen molar-refractivity contribution >= 4 is 41.8 Å². The lowest BCUT2D eigenvalue weighted by atomic mass is 9.95. The van der Waals surface area contributed by atoms with E-state index in [1.807, 2.05) is 30.3 Å². The number of hydrogen-bond acceptors (Lipinski definition) is 5. The van der Waals surface area contributed by atoms with Gasteiger partial charge in [-0.2, -0.15) is 0 Å². The van der Waals surface area contributed by atoms with Gasteiger partial charge in [0.1, 0.15) is 5.65 Å². The SMILES string of the molecule is Cl.Cl.Cn1c(=O)[nH]c(=O)c2cc(C(=O)N3C[C@@H](N)[C@H](c4ccccc4)C3)cnc21. The molecule has 0 radical (unpaired) electrons. The average molecular weight is 438 g/mol. The lowest BCUT2D eigenvalue weighted by Gasteiger charge is -2.16. The third-order valence-electron chi connectivity index (χ3n) is 5.08. The number of nitrogens with one attached hydrogen (secondary N) is 1. The third kappa shape index (κ3) is 4.05. The van der Waals surface area contributed by atoms with Gasteiger partial charge in [0, 0.05) is 38.3 Å². The Balaban J connectivity index is 0.00000150. The zero-order chi connectivity index (χ0) is 19.1. The average Bonchev–Trinajstić information content (AvgIpc) is 3.07. The van der Waals surface area contributed by atoms with Crippen LogP contribution in [0.3, 0.4) is 0 Å². The van der Waals surface area contributed by atoms with E-state index in [-0.39, 0.29) is 53.7 Å². The molecule has 0 spiro atoms. The molecule has 0 aliphatic carbocycles. The molecule has 1 aliphatic heterocycles. The van der Waals surface area contributed by atoms with E-state index in [2.05, 4.69) is 9.97 Å². The van der Waals surface area contributed by atoms with Crippen LogP contribution < -0.4 is 17.0 Å².